The molecule has 0 radical (unpaired) electrons. The van der Waals surface area contributed by atoms with E-state index in [1.165, 1.54) is 0 Å². The highest BCUT2D eigenvalue weighted by atomic mass is 35.5. The molecule has 0 fully saturated rings. The van der Waals surface area contributed by atoms with Crippen molar-refractivity contribution < 1.29 is 4.74 Å². The number of halogens is 1. The molecule has 0 N–H and O–H groups in total. The molecule has 3 aromatic rings. The number of nitrogens with zero attached hydrogens (tertiary/aromatic N) is 3. The van der Waals surface area contributed by atoms with Gasteiger partial charge in [0.2, 0.25) is 0 Å². The normalized spacial score (nSPS) is 13.5. The lowest BCUT2D eigenvalue weighted by atomic mass is 10.1. The molecule has 0 unspecified atom stereocenters. The smallest absolute Gasteiger partial charge is 0.178 e. The van der Waals surface area contributed by atoms with E-state index < -0.39 is 0 Å². The number of fused-ring (bicyclic) bond motifs is 1. The van der Waals surface area contributed by atoms with Gasteiger partial charge in [0.15, 0.2) is 5.82 Å². The summed E-state index contributed by atoms with van der Waals surface area (Å²) in [4.78, 5) is 13.8. The largest absolute Gasteiger partial charge is 0.376 e. The highest BCUT2D eigenvalue weighted by Gasteiger charge is 2.14. The van der Waals surface area contributed by atoms with E-state index in [1.807, 2.05) is 48.7 Å². The van der Waals surface area contributed by atoms with Gasteiger partial charge in [0.05, 0.1) is 18.9 Å². The van der Waals surface area contributed by atoms with E-state index in [0.29, 0.717) is 25.5 Å². The number of ether oxygens (including phenoxy) is 1. The van der Waals surface area contributed by atoms with E-state index in [2.05, 4.69) is 9.97 Å². The lowest BCUT2D eigenvalue weighted by Crippen LogP contribution is -2.13. The number of hydrogen-bond acceptors (Lipinski definition) is 4. The first kappa shape index (κ1) is 15.2. The summed E-state index contributed by atoms with van der Waals surface area (Å²) in [6.07, 6.45) is 3.36. The van der Waals surface area contributed by atoms with E-state index in [-0.39, 0.29) is 0 Å². The first-order chi connectivity index (χ1) is 11.8. The zero-order valence-corrected chi connectivity index (χ0v) is 13.8. The summed E-state index contributed by atoms with van der Waals surface area (Å²) < 4.78 is 5.43. The average Bonchev–Trinajstić information content (AvgIpc) is 2.63. The zero-order valence-electron chi connectivity index (χ0n) is 13.1. The molecule has 0 amide bonds. The van der Waals surface area contributed by atoms with Gasteiger partial charge in [0.1, 0.15) is 5.69 Å². The number of hydrogen-bond donors (Lipinski definition) is 0. The molecule has 24 heavy (non-hydrogen) atoms. The van der Waals surface area contributed by atoms with Crippen LogP contribution in [-0.2, 0) is 24.2 Å². The summed E-state index contributed by atoms with van der Waals surface area (Å²) in [6, 6.07) is 13.8. The van der Waals surface area contributed by atoms with Gasteiger partial charge >= 0.3 is 0 Å². The molecule has 0 bridgehead atoms. The Labute approximate surface area is 145 Å². The Morgan fingerprint density at radius 2 is 1.96 bits per heavy atom. The van der Waals surface area contributed by atoms with Gasteiger partial charge in [0, 0.05) is 35.3 Å². The van der Waals surface area contributed by atoms with Crippen LogP contribution in [0.5, 0.6) is 0 Å². The molecule has 2 aromatic heterocycles. The van der Waals surface area contributed by atoms with E-state index in [9.17, 15) is 0 Å². The fourth-order valence-electron chi connectivity index (χ4n) is 2.79. The van der Waals surface area contributed by atoms with Crippen molar-refractivity contribution in [1.29, 1.82) is 0 Å². The van der Waals surface area contributed by atoms with Crippen molar-refractivity contribution in [3.05, 3.63) is 76.2 Å². The van der Waals surface area contributed by atoms with Crippen molar-refractivity contribution in [2.45, 2.75) is 19.4 Å². The second kappa shape index (κ2) is 6.67. The van der Waals surface area contributed by atoms with Crippen molar-refractivity contribution in [2.75, 3.05) is 6.61 Å². The predicted octanol–water partition coefficient (Wildman–Crippen LogP) is 3.86. The third kappa shape index (κ3) is 3.16. The van der Waals surface area contributed by atoms with Gasteiger partial charge < -0.3 is 4.74 Å². The number of rotatable bonds is 3. The summed E-state index contributed by atoms with van der Waals surface area (Å²) in [5.41, 5.74) is 4.92. The molecule has 1 aliphatic rings. The summed E-state index contributed by atoms with van der Waals surface area (Å²) in [5.74, 6) is 0.664. The molecule has 0 atom stereocenters. The van der Waals surface area contributed by atoms with E-state index in [0.717, 1.165) is 39.7 Å². The van der Waals surface area contributed by atoms with Gasteiger partial charge in [-0.3, -0.25) is 0 Å². The Bertz CT molecular complexity index is 882. The molecule has 3 heterocycles. The first-order valence-electron chi connectivity index (χ1n) is 7.92. The summed E-state index contributed by atoms with van der Waals surface area (Å²) in [6.45, 7) is 1.30. The maximum Gasteiger partial charge on any atom is 0.178 e. The van der Waals surface area contributed by atoms with Crippen LogP contribution in [0.3, 0.4) is 0 Å². The van der Waals surface area contributed by atoms with Gasteiger partial charge in [-0.25, -0.2) is 15.0 Å². The second-order valence-corrected chi connectivity index (χ2v) is 6.16. The Morgan fingerprint density at radius 1 is 1.04 bits per heavy atom. The Balaban J connectivity index is 1.64. The van der Waals surface area contributed by atoms with Gasteiger partial charge in [-0.05, 0) is 23.8 Å². The molecular formula is C19H16ClN3O. The minimum absolute atomic E-state index is 0.593. The van der Waals surface area contributed by atoms with E-state index in [1.54, 1.807) is 0 Å². The van der Waals surface area contributed by atoms with E-state index in [4.69, 9.17) is 21.3 Å². The minimum atomic E-state index is 0.593. The van der Waals surface area contributed by atoms with Crippen LogP contribution in [0.15, 0.2) is 48.7 Å². The molecule has 120 valence electrons. The van der Waals surface area contributed by atoms with Gasteiger partial charge in [-0.15, -0.1) is 0 Å². The van der Waals surface area contributed by atoms with Gasteiger partial charge in [-0.1, -0.05) is 35.9 Å². The van der Waals surface area contributed by atoms with Crippen LogP contribution in [0, 0.1) is 0 Å². The van der Waals surface area contributed by atoms with Crippen molar-refractivity contribution in [1.82, 2.24) is 15.0 Å². The molecule has 4 nitrogen and oxygen atoms in total. The Morgan fingerprint density at radius 3 is 2.88 bits per heavy atom. The predicted molar refractivity (Wildman–Crippen MR) is 92.9 cm³/mol. The second-order valence-electron chi connectivity index (χ2n) is 5.75. The fourth-order valence-corrected chi connectivity index (χ4v) is 3.00. The standard InChI is InChI=1S/C19H16ClN3O/c20-16-6-2-1-4-13(16)10-15-5-3-7-18(22-15)19-21-11-14-12-24-9-8-17(14)23-19/h1-7,11H,8-10,12H2. The summed E-state index contributed by atoms with van der Waals surface area (Å²) in [7, 11) is 0. The molecule has 1 aromatic carbocycles. The Hall–Kier alpha value is -2.30. The molecule has 0 aliphatic carbocycles. The van der Waals surface area contributed by atoms with Crippen LogP contribution < -0.4 is 0 Å². The van der Waals surface area contributed by atoms with Crippen LogP contribution >= 0.6 is 11.6 Å². The number of benzene rings is 1. The first-order valence-corrected chi connectivity index (χ1v) is 8.29. The van der Waals surface area contributed by atoms with Crippen molar-refractivity contribution in [3.8, 4) is 11.5 Å². The van der Waals surface area contributed by atoms with Gasteiger partial charge in [0.25, 0.3) is 0 Å². The van der Waals surface area contributed by atoms with Gasteiger partial charge in [-0.2, -0.15) is 0 Å². The van der Waals surface area contributed by atoms with E-state index >= 15 is 0 Å². The lowest BCUT2D eigenvalue weighted by molar-refractivity contribution is 0.109. The maximum atomic E-state index is 6.25. The van der Waals surface area contributed by atoms with Crippen LogP contribution in [-0.4, -0.2) is 21.6 Å². The number of pyridine rings is 1. The topological polar surface area (TPSA) is 47.9 Å². The van der Waals surface area contributed by atoms with Crippen molar-refractivity contribution in [2.24, 2.45) is 0 Å². The molecule has 1 aliphatic heterocycles. The zero-order chi connectivity index (χ0) is 16.4. The SMILES string of the molecule is Clc1ccccc1Cc1cccc(-c2ncc3c(n2)CCOC3)n1. The molecule has 0 saturated carbocycles. The monoisotopic (exact) mass is 337 g/mol. The van der Waals surface area contributed by atoms with Crippen molar-refractivity contribution >= 4 is 11.6 Å². The van der Waals surface area contributed by atoms with Crippen LogP contribution in [0.25, 0.3) is 11.5 Å². The average molecular weight is 338 g/mol. The highest BCUT2D eigenvalue weighted by Crippen LogP contribution is 2.21. The van der Waals surface area contributed by atoms with Crippen molar-refractivity contribution in [3.63, 3.8) is 0 Å². The van der Waals surface area contributed by atoms with Crippen LogP contribution in [0.4, 0.5) is 0 Å². The quantitative estimate of drug-likeness (QED) is 0.728. The molecule has 5 heteroatoms. The number of aromatic nitrogens is 3. The third-order valence-corrected chi connectivity index (χ3v) is 4.43. The van der Waals surface area contributed by atoms with Crippen LogP contribution in [0.1, 0.15) is 22.5 Å². The minimum Gasteiger partial charge on any atom is -0.376 e. The summed E-state index contributed by atoms with van der Waals surface area (Å²) in [5, 5.41) is 0.759. The molecule has 0 saturated heterocycles. The Kier molecular flexibility index (Phi) is 4.24. The molecule has 0 spiro atoms. The molecule has 4 rings (SSSR count). The molecular weight excluding hydrogens is 322 g/mol. The summed E-state index contributed by atoms with van der Waals surface area (Å²) >= 11 is 6.25. The maximum absolute atomic E-state index is 6.25. The third-order valence-electron chi connectivity index (χ3n) is 4.06. The van der Waals surface area contributed by atoms with Crippen LogP contribution in [0.2, 0.25) is 5.02 Å². The lowest BCUT2D eigenvalue weighted by Gasteiger charge is -2.15. The fraction of sp³-hybridized carbons (Fsp3) is 0.211. The highest BCUT2D eigenvalue weighted by molar-refractivity contribution is 6.31.